The van der Waals surface area contributed by atoms with E-state index in [2.05, 4.69) is 62.8 Å². The topological polar surface area (TPSA) is 197 Å². The van der Waals surface area contributed by atoms with Crippen LogP contribution >= 0.6 is 0 Å². The number of aliphatic carboxylic acids is 2. The first-order valence-corrected chi connectivity index (χ1v) is 56.5. The van der Waals surface area contributed by atoms with Gasteiger partial charge in [-0.25, -0.2) is 0 Å². The van der Waals surface area contributed by atoms with E-state index in [1.165, 1.54) is 449 Å². The normalized spacial score (nSPS) is 12.3. The second-order valence-electron chi connectivity index (χ2n) is 39.4. The molecule has 0 aliphatic rings. The SMILES string of the molecule is CCCCCCCCCCCCCCCCCC(=O)NCC(NC(=O)CCCCCCCCCCCCCCCCC)C(CCCCCCCCCCCCCCCC)C(=O)[O-].CCCCCCCCCCCCCCCCCC(=O)NCC(NC(=O)CCCCCCCCCCCCCCCCC)C(CCCCCCCCCCCCCCCC)C(=O)[O-].[Zn+2]. The Bertz CT molecular complexity index is 2040. The number of unbranched alkanes of at least 4 members (excludes halogenated alkanes) is 82. The van der Waals surface area contributed by atoms with Crippen LogP contribution in [0.4, 0.5) is 0 Å². The third kappa shape index (κ3) is 100. The van der Waals surface area contributed by atoms with Gasteiger partial charge in [-0.15, -0.1) is 0 Å². The Morgan fingerprint density at radius 1 is 0.176 bits per heavy atom. The molecule has 0 saturated heterocycles. The van der Waals surface area contributed by atoms with Gasteiger partial charge < -0.3 is 41.1 Å². The van der Waals surface area contributed by atoms with E-state index >= 15 is 0 Å². The average molecular weight is 1810 g/mol. The van der Waals surface area contributed by atoms with Gasteiger partial charge in [-0.3, -0.25) is 19.2 Å². The van der Waals surface area contributed by atoms with Crippen LogP contribution in [0, 0.1) is 11.8 Å². The van der Waals surface area contributed by atoms with Gasteiger partial charge in [0.25, 0.3) is 0 Å². The summed E-state index contributed by atoms with van der Waals surface area (Å²) < 4.78 is 0. The van der Waals surface area contributed by atoms with Gasteiger partial charge >= 0.3 is 19.5 Å². The molecule has 0 saturated carbocycles. The van der Waals surface area contributed by atoms with Gasteiger partial charge in [0, 0.05) is 62.5 Å². The van der Waals surface area contributed by atoms with Crippen LogP contribution in [-0.4, -0.2) is 60.7 Å². The molecule has 4 N–H and O–H groups in total. The number of nitrogens with one attached hydrogen (secondary N) is 4. The molecule has 0 heterocycles. The first-order valence-electron chi connectivity index (χ1n) is 56.5. The molecular weight excluding hydrogens is 1590 g/mol. The maximum absolute atomic E-state index is 13.2. The predicted octanol–water partition coefficient (Wildman–Crippen LogP) is 32.7. The minimum absolute atomic E-state index is 0. The molecule has 12 nitrogen and oxygen atoms in total. The van der Waals surface area contributed by atoms with Crippen molar-refractivity contribution in [2.45, 2.75) is 657 Å². The van der Waals surface area contributed by atoms with E-state index in [0.717, 1.165) is 116 Å². The van der Waals surface area contributed by atoms with Crippen molar-refractivity contribution in [2.75, 3.05) is 13.1 Å². The average Bonchev–Trinajstić information content (AvgIpc) is 0.886. The van der Waals surface area contributed by atoms with Crippen molar-refractivity contribution in [1.29, 1.82) is 0 Å². The van der Waals surface area contributed by atoms with Crippen LogP contribution in [0.1, 0.15) is 645 Å². The summed E-state index contributed by atoms with van der Waals surface area (Å²) in [6, 6.07) is -1.29. The third-order valence-electron chi connectivity index (χ3n) is 27.1. The van der Waals surface area contributed by atoms with Crippen molar-refractivity contribution in [3.05, 3.63) is 0 Å². The maximum Gasteiger partial charge on any atom is 2.00 e. The summed E-state index contributed by atoms with van der Waals surface area (Å²) in [7, 11) is 0. The summed E-state index contributed by atoms with van der Waals surface area (Å²) in [4.78, 5) is 77.1. The van der Waals surface area contributed by atoms with E-state index in [-0.39, 0.29) is 56.2 Å². The van der Waals surface area contributed by atoms with Crippen LogP contribution in [0.25, 0.3) is 0 Å². The molecule has 13 heteroatoms. The Labute approximate surface area is 792 Å². The fourth-order valence-corrected chi connectivity index (χ4v) is 18.5. The summed E-state index contributed by atoms with van der Waals surface area (Å²) >= 11 is 0. The number of carboxylic acid groups (broad SMARTS) is 2. The monoisotopic (exact) mass is 1810 g/mol. The van der Waals surface area contributed by atoms with Crippen LogP contribution in [0.5, 0.6) is 0 Å². The molecule has 0 aromatic heterocycles. The van der Waals surface area contributed by atoms with Gasteiger partial charge in [-0.05, 0) is 38.5 Å². The summed E-state index contributed by atoms with van der Waals surface area (Å²) in [6.45, 7) is 13.9. The van der Waals surface area contributed by atoms with Crippen LogP contribution in [0.15, 0.2) is 0 Å². The van der Waals surface area contributed by atoms with Crippen molar-refractivity contribution < 1.29 is 58.5 Å². The van der Waals surface area contributed by atoms with Crippen molar-refractivity contribution in [3.8, 4) is 0 Å². The van der Waals surface area contributed by atoms with Gasteiger partial charge in [0.1, 0.15) is 0 Å². The molecule has 0 aliphatic carbocycles. The first-order chi connectivity index (χ1) is 60.9. The van der Waals surface area contributed by atoms with Gasteiger partial charge in [-0.2, -0.15) is 0 Å². The number of hydrogen-bond acceptors (Lipinski definition) is 8. The minimum atomic E-state index is -1.12. The third-order valence-corrected chi connectivity index (χ3v) is 27.1. The van der Waals surface area contributed by atoms with Gasteiger partial charge in [0.05, 0.1) is 12.1 Å². The van der Waals surface area contributed by atoms with Gasteiger partial charge in [0.15, 0.2) is 0 Å². The van der Waals surface area contributed by atoms with Crippen molar-refractivity contribution >= 4 is 35.6 Å². The maximum atomic E-state index is 13.2. The molecule has 4 amide bonds. The van der Waals surface area contributed by atoms with E-state index in [1.54, 1.807) is 0 Å². The Morgan fingerprint density at radius 3 is 0.432 bits per heavy atom. The molecule has 4 unspecified atom stereocenters. The quantitative estimate of drug-likeness (QED) is 0.0341. The summed E-state index contributed by atoms with van der Waals surface area (Å²) in [6.07, 6.45) is 115. The molecule has 4 atom stereocenters. The van der Waals surface area contributed by atoms with Gasteiger partial charge in [0.2, 0.25) is 23.6 Å². The van der Waals surface area contributed by atoms with Crippen molar-refractivity contribution in [3.63, 3.8) is 0 Å². The molecule has 0 rings (SSSR count). The standard InChI is InChI=1S/2C56H110N2O4.Zn/c2*1-4-7-10-13-16-19-22-25-28-31-34-37-40-43-46-49-54(59)57-51-53(52(56(61)62)48-45-42-39-36-33-30-27-24-21-18-15-12-9-6-3)58-55(60)50-47-44-41-38-35-32-29-26-23-20-17-14-11-8-5-2;/h2*52-53H,4-51H2,1-3H3,(H,57,59)(H,58,60)(H,61,62);/q;;+2/p-2. The fraction of sp³-hybridized carbons (Fsp3) is 0.946. The van der Waals surface area contributed by atoms with Crippen LogP contribution in [-0.2, 0) is 48.2 Å². The number of carbonyl (C=O) groups excluding carboxylic acids is 6. The molecule has 0 fully saturated rings. The first kappa shape index (κ1) is 127. The second kappa shape index (κ2) is 108. The van der Waals surface area contributed by atoms with E-state index < -0.39 is 35.9 Å². The number of hydrogen-bond donors (Lipinski definition) is 4. The van der Waals surface area contributed by atoms with E-state index in [0.29, 0.717) is 38.5 Å². The molecule has 125 heavy (non-hydrogen) atoms. The van der Waals surface area contributed by atoms with Crippen LogP contribution < -0.4 is 31.5 Å². The molecule has 736 valence electrons. The largest absolute Gasteiger partial charge is 2.00 e. The molecule has 0 spiro atoms. The molecule has 0 aromatic carbocycles. The molecular formula is C112H218N4O8Zn. The number of rotatable bonds is 104. The minimum Gasteiger partial charge on any atom is -0.550 e. The van der Waals surface area contributed by atoms with E-state index in [4.69, 9.17) is 0 Å². The Hall–Kier alpha value is -2.56. The smallest absolute Gasteiger partial charge is 0.550 e. The number of carboxylic acids is 2. The Kier molecular flexibility index (Phi) is 110. The van der Waals surface area contributed by atoms with Crippen LogP contribution in [0.3, 0.4) is 0 Å². The number of amides is 4. The summed E-state index contributed by atoms with van der Waals surface area (Å²) in [5, 5.41) is 37.1. The zero-order valence-electron chi connectivity index (χ0n) is 85.2. The fourth-order valence-electron chi connectivity index (χ4n) is 18.5. The van der Waals surface area contributed by atoms with Crippen molar-refractivity contribution in [2.24, 2.45) is 11.8 Å². The summed E-state index contributed by atoms with van der Waals surface area (Å²) in [5.41, 5.74) is 0. The molecule has 0 radical (unpaired) electrons. The van der Waals surface area contributed by atoms with E-state index in [1.807, 2.05) is 0 Å². The molecule has 0 aliphatic heterocycles. The van der Waals surface area contributed by atoms with Crippen molar-refractivity contribution in [1.82, 2.24) is 21.3 Å². The molecule has 0 bridgehead atoms. The van der Waals surface area contributed by atoms with Gasteiger partial charge in [-0.1, -0.05) is 581 Å². The molecule has 0 aromatic rings. The predicted molar refractivity (Wildman–Crippen MR) is 535 cm³/mol. The summed E-state index contributed by atoms with van der Waals surface area (Å²) in [5.74, 6) is -4.14. The Morgan fingerprint density at radius 2 is 0.296 bits per heavy atom. The Balaban J connectivity index is -0.00000236. The zero-order valence-corrected chi connectivity index (χ0v) is 88.1. The van der Waals surface area contributed by atoms with Crippen LogP contribution in [0.2, 0.25) is 0 Å². The van der Waals surface area contributed by atoms with E-state index in [9.17, 15) is 39.0 Å². The number of carbonyl (C=O) groups is 6. The second-order valence-corrected chi connectivity index (χ2v) is 39.4. The zero-order chi connectivity index (χ0) is 90.5.